The summed E-state index contributed by atoms with van der Waals surface area (Å²) in [6.45, 7) is 8.47. The lowest BCUT2D eigenvalue weighted by molar-refractivity contribution is -0.123. The molecule has 4 nitrogen and oxygen atoms in total. The molecule has 0 bridgehead atoms. The minimum atomic E-state index is -0.203. The van der Waals surface area contributed by atoms with Crippen LogP contribution < -0.4 is 10.2 Å². The number of ether oxygens (including phenoxy) is 1. The first-order chi connectivity index (χ1) is 11.0. The van der Waals surface area contributed by atoms with E-state index in [1.807, 2.05) is 12.1 Å². The maximum absolute atomic E-state index is 12.0. The van der Waals surface area contributed by atoms with Crippen molar-refractivity contribution in [2.75, 3.05) is 6.61 Å². The lowest BCUT2D eigenvalue weighted by Crippen LogP contribution is -2.28. The molecule has 1 fully saturated rings. The van der Waals surface area contributed by atoms with Crippen LogP contribution in [0.15, 0.2) is 23.3 Å². The van der Waals surface area contributed by atoms with Crippen LogP contribution in [0.3, 0.4) is 0 Å². The zero-order valence-electron chi connectivity index (χ0n) is 14.7. The molecule has 1 unspecified atom stereocenters. The molecular formula is C19H28N2O2. The van der Waals surface area contributed by atoms with E-state index in [2.05, 4.69) is 44.3 Å². The van der Waals surface area contributed by atoms with Crippen LogP contribution in [0, 0.1) is 12.8 Å². The molecule has 0 heterocycles. The number of hydrogen-bond donors (Lipinski definition) is 1. The van der Waals surface area contributed by atoms with Crippen LogP contribution in [0.1, 0.15) is 63.5 Å². The average molecular weight is 316 g/mol. The third kappa shape index (κ3) is 5.08. The first kappa shape index (κ1) is 17.5. The highest BCUT2D eigenvalue weighted by atomic mass is 16.5. The first-order valence-electron chi connectivity index (χ1n) is 8.56. The predicted molar refractivity (Wildman–Crippen MR) is 94.0 cm³/mol. The fraction of sp³-hybridized carbons (Fsp3) is 0.579. The van der Waals surface area contributed by atoms with Gasteiger partial charge in [0.05, 0.1) is 0 Å². The largest absolute Gasteiger partial charge is 0.483 e. The van der Waals surface area contributed by atoms with Gasteiger partial charge in [0.15, 0.2) is 6.61 Å². The molecule has 126 valence electrons. The SMILES string of the molecule is Cc1ccc(OCC(=O)N/N=C2\CCCCC2C)c(C(C)C)c1. The number of aryl methyl sites for hydroxylation is 1. The Hall–Kier alpha value is -1.84. The number of nitrogens with zero attached hydrogens (tertiary/aromatic N) is 1. The number of rotatable bonds is 5. The summed E-state index contributed by atoms with van der Waals surface area (Å²) in [5, 5.41) is 4.29. The van der Waals surface area contributed by atoms with Crippen LogP contribution >= 0.6 is 0 Å². The van der Waals surface area contributed by atoms with Gasteiger partial charge in [-0.2, -0.15) is 5.10 Å². The van der Waals surface area contributed by atoms with E-state index in [0.29, 0.717) is 11.8 Å². The number of carbonyl (C=O) groups is 1. The number of benzene rings is 1. The van der Waals surface area contributed by atoms with Crippen molar-refractivity contribution in [2.24, 2.45) is 11.0 Å². The summed E-state index contributed by atoms with van der Waals surface area (Å²) in [7, 11) is 0. The molecule has 1 amide bonds. The molecule has 0 radical (unpaired) electrons. The van der Waals surface area contributed by atoms with Gasteiger partial charge in [-0.25, -0.2) is 5.43 Å². The van der Waals surface area contributed by atoms with Gasteiger partial charge in [0.2, 0.25) is 0 Å². The summed E-state index contributed by atoms with van der Waals surface area (Å²) in [6, 6.07) is 6.05. The maximum atomic E-state index is 12.0. The molecule has 1 aromatic carbocycles. The smallest absolute Gasteiger partial charge is 0.277 e. The Balaban J connectivity index is 1.91. The van der Waals surface area contributed by atoms with E-state index in [9.17, 15) is 4.79 Å². The summed E-state index contributed by atoms with van der Waals surface area (Å²) >= 11 is 0. The number of carbonyl (C=O) groups excluding carboxylic acids is 1. The molecule has 0 saturated heterocycles. The van der Waals surface area contributed by atoms with Gasteiger partial charge in [-0.3, -0.25) is 4.79 Å². The fourth-order valence-corrected chi connectivity index (χ4v) is 2.90. The molecule has 1 aliphatic carbocycles. The summed E-state index contributed by atoms with van der Waals surface area (Å²) < 4.78 is 5.70. The van der Waals surface area contributed by atoms with E-state index in [0.717, 1.165) is 36.3 Å². The van der Waals surface area contributed by atoms with Crippen molar-refractivity contribution in [3.05, 3.63) is 29.3 Å². The second kappa shape index (κ2) is 8.14. The molecule has 0 spiro atoms. The molecule has 0 aliphatic heterocycles. The predicted octanol–water partition coefficient (Wildman–Crippen LogP) is 4.18. The monoisotopic (exact) mass is 316 g/mol. The van der Waals surface area contributed by atoms with Crippen molar-refractivity contribution in [1.29, 1.82) is 0 Å². The molecule has 4 heteroatoms. The normalized spacial score (nSPS) is 19.9. The molecule has 1 aromatic rings. The summed E-state index contributed by atoms with van der Waals surface area (Å²) in [4.78, 5) is 12.0. The van der Waals surface area contributed by atoms with Crippen LogP contribution in [-0.4, -0.2) is 18.2 Å². The van der Waals surface area contributed by atoms with E-state index >= 15 is 0 Å². The Bertz CT molecular complexity index is 579. The number of hydrazone groups is 1. The van der Waals surface area contributed by atoms with E-state index < -0.39 is 0 Å². The van der Waals surface area contributed by atoms with Gasteiger partial charge in [0.25, 0.3) is 5.91 Å². The average Bonchev–Trinajstić information content (AvgIpc) is 2.52. The van der Waals surface area contributed by atoms with Gasteiger partial charge in [0.1, 0.15) is 5.75 Å². The lowest BCUT2D eigenvalue weighted by Gasteiger charge is -2.20. The Kier molecular flexibility index (Phi) is 6.20. The van der Waals surface area contributed by atoms with E-state index in [1.54, 1.807) is 0 Å². The van der Waals surface area contributed by atoms with Gasteiger partial charge < -0.3 is 4.74 Å². The maximum Gasteiger partial charge on any atom is 0.277 e. The lowest BCUT2D eigenvalue weighted by atomic mass is 9.89. The third-order valence-electron chi connectivity index (χ3n) is 4.36. The number of hydrogen-bond acceptors (Lipinski definition) is 3. The van der Waals surface area contributed by atoms with Crippen molar-refractivity contribution in [2.45, 2.75) is 59.3 Å². The second-order valence-corrected chi connectivity index (χ2v) is 6.77. The minimum absolute atomic E-state index is 0.00601. The van der Waals surface area contributed by atoms with Gasteiger partial charge in [-0.05, 0) is 49.7 Å². The fourth-order valence-electron chi connectivity index (χ4n) is 2.90. The zero-order chi connectivity index (χ0) is 16.8. The summed E-state index contributed by atoms with van der Waals surface area (Å²) in [5.41, 5.74) is 6.06. The topological polar surface area (TPSA) is 50.7 Å². The number of amides is 1. The van der Waals surface area contributed by atoms with Crippen LogP contribution in [0.5, 0.6) is 5.75 Å². The van der Waals surface area contributed by atoms with Gasteiger partial charge >= 0.3 is 0 Å². The van der Waals surface area contributed by atoms with Gasteiger partial charge in [0, 0.05) is 5.71 Å². The quantitative estimate of drug-likeness (QED) is 0.829. The van der Waals surface area contributed by atoms with Gasteiger partial charge in [-0.1, -0.05) is 44.9 Å². The molecule has 1 N–H and O–H groups in total. The van der Waals surface area contributed by atoms with Crippen LogP contribution in [0.2, 0.25) is 0 Å². The Morgan fingerprint density at radius 1 is 1.39 bits per heavy atom. The van der Waals surface area contributed by atoms with Crippen molar-refractivity contribution in [3.63, 3.8) is 0 Å². The Morgan fingerprint density at radius 2 is 2.17 bits per heavy atom. The molecule has 2 rings (SSSR count). The Labute approximate surface area is 139 Å². The summed E-state index contributed by atoms with van der Waals surface area (Å²) in [5.74, 6) is 1.40. The zero-order valence-corrected chi connectivity index (χ0v) is 14.7. The van der Waals surface area contributed by atoms with E-state index in [-0.39, 0.29) is 12.5 Å². The van der Waals surface area contributed by atoms with Crippen LogP contribution in [-0.2, 0) is 4.79 Å². The second-order valence-electron chi connectivity index (χ2n) is 6.77. The van der Waals surface area contributed by atoms with E-state index in [4.69, 9.17) is 4.74 Å². The minimum Gasteiger partial charge on any atom is -0.483 e. The van der Waals surface area contributed by atoms with Crippen molar-refractivity contribution < 1.29 is 9.53 Å². The summed E-state index contributed by atoms with van der Waals surface area (Å²) in [6.07, 6.45) is 4.56. The third-order valence-corrected chi connectivity index (χ3v) is 4.36. The molecular weight excluding hydrogens is 288 g/mol. The van der Waals surface area contributed by atoms with Crippen molar-refractivity contribution >= 4 is 11.6 Å². The standard InChI is InChI=1S/C19H28N2O2/c1-13(2)16-11-14(3)9-10-18(16)23-12-19(22)21-20-17-8-6-5-7-15(17)4/h9-11,13,15H,5-8,12H2,1-4H3,(H,21,22)/b20-17+. The van der Waals surface area contributed by atoms with Crippen molar-refractivity contribution in [1.82, 2.24) is 5.43 Å². The van der Waals surface area contributed by atoms with Crippen LogP contribution in [0.25, 0.3) is 0 Å². The molecule has 0 aromatic heterocycles. The highest BCUT2D eigenvalue weighted by molar-refractivity contribution is 5.88. The number of nitrogens with one attached hydrogen (secondary N) is 1. The first-order valence-corrected chi connectivity index (χ1v) is 8.56. The molecule has 1 atom stereocenters. The highest BCUT2D eigenvalue weighted by Crippen LogP contribution is 2.27. The van der Waals surface area contributed by atoms with Crippen molar-refractivity contribution in [3.8, 4) is 5.75 Å². The Morgan fingerprint density at radius 3 is 2.87 bits per heavy atom. The van der Waals surface area contributed by atoms with Crippen LogP contribution in [0.4, 0.5) is 0 Å². The van der Waals surface area contributed by atoms with Gasteiger partial charge in [-0.15, -0.1) is 0 Å². The molecule has 1 saturated carbocycles. The molecule has 23 heavy (non-hydrogen) atoms. The highest BCUT2D eigenvalue weighted by Gasteiger charge is 2.16. The van der Waals surface area contributed by atoms with E-state index in [1.165, 1.54) is 12.0 Å². The molecule has 1 aliphatic rings.